The van der Waals surface area contributed by atoms with Crippen LogP contribution in [0.1, 0.15) is 11.4 Å². The summed E-state index contributed by atoms with van der Waals surface area (Å²) in [6.45, 7) is 1.91. The Balaban J connectivity index is 1.58. The van der Waals surface area contributed by atoms with E-state index in [9.17, 15) is 9.18 Å². The van der Waals surface area contributed by atoms with Crippen LogP contribution in [-0.4, -0.2) is 24.7 Å². The van der Waals surface area contributed by atoms with E-state index in [1.807, 2.05) is 31.2 Å². The molecule has 4 rings (SSSR count). The fourth-order valence-electron chi connectivity index (χ4n) is 2.58. The fraction of sp³-hybridized carbons (Fsp3) is 0.105. The van der Waals surface area contributed by atoms with E-state index in [2.05, 4.69) is 25.4 Å². The Hall–Kier alpha value is -4.08. The zero-order valence-electron chi connectivity index (χ0n) is 15.3. The molecule has 0 fully saturated rings. The molecule has 4 aromatic rings. The zero-order chi connectivity index (χ0) is 20.4. The SMILES string of the molecule is Cc1ccc(Nc2nc(N)nc(Cn3nc(-c4ccc(F)cc4)oc3=O)n2)cc1. The van der Waals surface area contributed by atoms with E-state index in [4.69, 9.17) is 10.2 Å². The standard InChI is InChI=1S/C19H16FN7O2/c1-11-2-8-14(9-3-11)22-18-24-15(23-17(21)25-18)10-27-19(28)29-16(26-27)12-4-6-13(20)7-5-12/h2-9H,10H2,1H3,(H3,21,22,23,24,25). The van der Waals surface area contributed by atoms with Crippen LogP contribution < -0.4 is 16.8 Å². The molecule has 9 nitrogen and oxygen atoms in total. The maximum Gasteiger partial charge on any atom is 0.437 e. The summed E-state index contributed by atoms with van der Waals surface area (Å²) < 4.78 is 19.3. The van der Waals surface area contributed by atoms with Crippen LogP contribution in [0.25, 0.3) is 11.5 Å². The van der Waals surface area contributed by atoms with Crippen molar-refractivity contribution in [3.8, 4) is 11.5 Å². The van der Waals surface area contributed by atoms with Gasteiger partial charge in [0.1, 0.15) is 12.4 Å². The molecule has 0 saturated heterocycles. The van der Waals surface area contributed by atoms with E-state index in [0.29, 0.717) is 5.56 Å². The van der Waals surface area contributed by atoms with Crippen molar-refractivity contribution in [2.24, 2.45) is 0 Å². The van der Waals surface area contributed by atoms with Gasteiger partial charge in [-0.3, -0.25) is 0 Å². The summed E-state index contributed by atoms with van der Waals surface area (Å²) in [4.78, 5) is 24.5. The van der Waals surface area contributed by atoms with E-state index in [-0.39, 0.29) is 30.2 Å². The number of nitrogens with one attached hydrogen (secondary N) is 1. The molecule has 0 bridgehead atoms. The predicted octanol–water partition coefficient (Wildman–Crippen LogP) is 2.51. The Labute approximate surface area is 164 Å². The molecule has 10 heteroatoms. The number of rotatable bonds is 5. The van der Waals surface area contributed by atoms with Crippen LogP contribution in [-0.2, 0) is 6.54 Å². The smallest absolute Gasteiger partial charge is 0.388 e. The van der Waals surface area contributed by atoms with Gasteiger partial charge in [-0.25, -0.2) is 9.18 Å². The Morgan fingerprint density at radius 3 is 2.52 bits per heavy atom. The lowest BCUT2D eigenvalue weighted by atomic mass is 10.2. The molecule has 0 aliphatic heterocycles. The fourth-order valence-corrected chi connectivity index (χ4v) is 2.58. The summed E-state index contributed by atoms with van der Waals surface area (Å²) in [6, 6.07) is 13.1. The van der Waals surface area contributed by atoms with Gasteiger partial charge in [-0.15, -0.1) is 5.10 Å². The molecule has 0 amide bonds. The monoisotopic (exact) mass is 393 g/mol. The first-order valence-corrected chi connectivity index (χ1v) is 8.64. The van der Waals surface area contributed by atoms with Gasteiger partial charge in [-0.1, -0.05) is 17.7 Å². The Bertz CT molecular complexity index is 1200. The van der Waals surface area contributed by atoms with Crippen LogP contribution in [0.4, 0.5) is 22.0 Å². The third-order valence-corrected chi connectivity index (χ3v) is 4.00. The Kier molecular flexibility index (Phi) is 4.73. The Morgan fingerprint density at radius 1 is 1.07 bits per heavy atom. The van der Waals surface area contributed by atoms with Crippen molar-refractivity contribution in [2.75, 3.05) is 11.1 Å². The van der Waals surface area contributed by atoms with Crippen molar-refractivity contribution >= 4 is 17.6 Å². The largest absolute Gasteiger partial charge is 0.437 e. The third kappa shape index (κ3) is 4.26. The van der Waals surface area contributed by atoms with Crippen molar-refractivity contribution < 1.29 is 8.81 Å². The quantitative estimate of drug-likeness (QED) is 0.530. The van der Waals surface area contributed by atoms with Crippen LogP contribution in [0.5, 0.6) is 0 Å². The summed E-state index contributed by atoms with van der Waals surface area (Å²) in [7, 11) is 0. The molecule has 2 aromatic carbocycles. The minimum atomic E-state index is -0.698. The molecule has 146 valence electrons. The highest BCUT2D eigenvalue weighted by molar-refractivity contribution is 5.54. The Morgan fingerprint density at radius 2 is 1.79 bits per heavy atom. The van der Waals surface area contributed by atoms with E-state index in [0.717, 1.165) is 15.9 Å². The molecule has 0 radical (unpaired) electrons. The molecule has 0 spiro atoms. The summed E-state index contributed by atoms with van der Waals surface area (Å²) in [6.07, 6.45) is 0. The molecule has 29 heavy (non-hydrogen) atoms. The van der Waals surface area contributed by atoms with Gasteiger partial charge in [-0.2, -0.15) is 19.6 Å². The van der Waals surface area contributed by atoms with Crippen LogP contribution in [0.2, 0.25) is 0 Å². The van der Waals surface area contributed by atoms with Gasteiger partial charge in [0.05, 0.1) is 0 Å². The molecule has 2 heterocycles. The summed E-state index contributed by atoms with van der Waals surface area (Å²) in [5.41, 5.74) is 8.14. The van der Waals surface area contributed by atoms with E-state index >= 15 is 0 Å². The average Bonchev–Trinajstić information content (AvgIpc) is 3.04. The molecule has 0 atom stereocenters. The third-order valence-electron chi connectivity index (χ3n) is 4.00. The van der Waals surface area contributed by atoms with E-state index in [1.165, 1.54) is 24.3 Å². The van der Waals surface area contributed by atoms with Gasteiger partial charge in [0, 0.05) is 11.3 Å². The van der Waals surface area contributed by atoms with Crippen molar-refractivity contribution in [3.63, 3.8) is 0 Å². The highest BCUT2D eigenvalue weighted by atomic mass is 19.1. The van der Waals surface area contributed by atoms with Gasteiger partial charge in [0.2, 0.25) is 17.8 Å². The maximum absolute atomic E-state index is 13.1. The van der Waals surface area contributed by atoms with Crippen LogP contribution in [0.15, 0.2) is 57.7 Å². The number of halogens is 1. The lowest BCUT2D eigenvalue weighted by molar-refractivity contribution is 0.491. The first kappa shape index (κ1) is 18.3. The van der Waals surface area contributed by atoms with Gasteiger partial charge in [0.15, 0.2) is 5.82 Å². The second-order valence-corrected chi connectivity index (χ2v) is 6.26. The normalized spacial score (nSPS) is 10.8. The van der Waals surface area contributed by atoms with Gasteiger partial charge in [-0.05, 0) is 43.3 Å². The second kappa shape index (κ2) is 7.50. The van der Waals surface area contributed by atoms with Crippen LogP contribution >= 0.6 is 0 Å². The number of aryl methyl sites for hydroxylation is 1. The number of nitrogens with zero attached hydrogens (tertiary/aromatic N) is 5. The maximum atomic E-state index is 13.1. The topological polar surface area (TPSA) is 125 Å². The highest BCUT2D eigenvalue weighted by Gasteiger charge is 2.13. The van der Waals surface area contributed by atoms with Crippen molar-refractivity contribution in [1.82, 2.24) is 24.7 Å². The van der Waals surface area contributed by atoms with Crippen molar-refractivity contribution in [3.05, 3.63) is 76.3 Å². The summed E-state index contributed by atoms with van der Waals surface area (Å²) >= 11 is 0. The molecule has 2 aromatic heterocycles. The number of nitrogen functional groups attached to an aromatic ring is 1. The number of anilines is 3. The lowest BCUT2D eigenvalue weighted by Crippen LogP contribution is -2.19. The number of aromatic nitrogens is 5. The minimum absolute atomic E-state index is 0.0000800. The van der Waals surface area contributed by atoms with Crippen LogP contribution in [0, 0.1) is 12.7 Å². The average molecular weight is 393 g/mol. The molecular weight excluding hydrogens is 377 g/mol. The zero-order valence-corrected chi connectivity index (χ0v) is 15.3. The minimum Gasteiger partial charge on any atom is -0.388 e. The van der Waals surface area contributed by atoms with Gasteiger partial charge in [0.25, 0.3) is 0 Å². The molecule has 0 aliphatic rings. The van der Waals surface area contributed by atoms with Crippen molar-refractivity contribution in [1.29, 1.82) is 0 Å². The van der Waals surface area contributed by atoms with E-state index < -0.39 is 11.6 Å². The first-order chi connectivity index (χ1) is 14.0. The number of benzene rings is 2. The number of hydrogen-bond acceptors (Lipinski definition) is 8. The molecule has 0 saturated carbocycles. The second-order valence-electron chi connectivity index (χ2n) is 6.26. The van der Waals surface area contributed by atoms with E-state index in [1.54, 1.807) is 0 Å². The molecule has 0 aliphatic carbocycles. The lowest BCUT2D eigenvalue weighted by Gasteiger charge is -2.07. The number of hydrogen-bond donors (Lipinski definition) is 2. The summed E-state index contributed by atoms with van der Waals surface area (Å²) in [5.74, 6) is -0.559. The predicted molar refractivity (Wildman–Crippen MR) is 104 cm³/mol. The van der Waals surface area contributed by atoms with Crippen molar-refractivity contribution in [2.45, 2.75) is 13.5 Å². The molecule has 0 unspecified atom stereocenters. The van der Waals surface area contributed by atoms with Crippen LogP contribution in [0.3, 0.4) is 0 Å². The van der Waals surface area contributed by atoms with Gasteiger partial charge < -0.3 is 15.5 Å². The van der Waals surface area contributed by atoms with Gasteiger partial charge >= 0.3 is 5.76 Å². The number of nitrogens with two attached hydrogens (primary N) is 1. The molecule has 3 N–H and O–H groups in total. The summed E-state index contributed by atoms with van der Waals surface area (Å²) in [5, 5.41) is 7.15. The molecular formula is C19H16FN7O2. The highest BCUT2D eigenvalue weighted by Crippen LogP contribution is 2.17. The first-order valence-electron chi connectivity index (χ1n) is 8.64.